The summed E-state index contributed by atoms with van der Waals surface area (Å²) < 4.78 is 6.75. The van der Waals surface area contributed by atoms with Gasteiger partial charge in [-0.25, -0.2) is 0 Å². The van der Waals surface area contributed by atoms with Gasteiger partial charge in [-0.05, 0) is 127 Å². The Labute approximate surface area is 367 Å². The van der Waals surface area contributed by atoms with E-state index in [1.165, 1.54) is 55.6 Å². The van der Waals surface area contributed by atoms with Gasteiger partial charge in [0, 0.05) is 27.8 Å². The topological polar surface area (TPSA) is 16.4 Å². The Balaban J connectivity index is 0.941. The molecule has 0 bridgehead atoms. The Kier molecular flexibility index (Phi) is 8.76. The molecular formula is C61H41NO. The molecule has 0 saturated heterocycles. The van der Waals surface area contributed by atoms with E-state index >= 15 is 0 Å². The SMILES string of the molecule is c1ccc(-c2ccc(N(c3ccc(-c4ccccc4)cc3)c3ccc(-c4ccc5oc6cc7c(cc6c5c4)-c4ccccc4C7(c4ccccc4)c4ccccc4)cc3)cc2)cc1. The van der Waals surface area contributed by atoms with Gasteiger partial charge in [-0.2, -0.15) is 0 Å². The molecule has 296 valence electrons. The summed E-state index contributed by atoms with van der Waals surface area (Å²) >= 11 is 0. The highest BCUT2D eigenvalue weighted by Crippen LogP contribution is 2.57. The average Bonchev–Trinajstić information content (AvgIpc) is 3.87. The third-order valence-corrected chi connectivity index (χ3v) is 13.0. The van der Waals surface area contributed by atoms with Crippen molar-refractivity contribution in [3.05, 3.63) is 271 Å². The van der Waals surface area contributed by atoms with Crippen LogP contribution in [0.1, 0.15) is 22.3 Å². The van der Waals surface area contributed by atoms with Crippen LogP contribution in [0.4, 0.5) is 17.1 Å². The standard InChI is InChI=1S/C61H41NO/c1-5-15-42(16-6-1)44-25-32-50(33-26-44)62(51-34-27-45(28-35-51)43-17-7-2-8-18-43)52-36-29-46(30-37-52)47-31-38-59-55(39-47)56-40-54-53-23-13-14-24-57(53)61(48-19-9-3-10-20-48,49-21-11-4-12-22-49)58(54)41-60(56)63-59/h1-41H. The zero-order valence-electron chi connectivity index (χ0n) is 34.5. The number of anilines is 3. The first-order valence-corrected chi connectivity index (χ1v) is 21.7. The maximum Gasteiger partial charge on any atom is 0.135 e. The van der Waals surface area contributed by atoms with Crippen molar-refractivity contribution >= 4 is 39.0 Å². The lowest BCUT2D eigenvalue weighted by Gasteiger charge is -2.33. The Hall–Kier alpha value is -8.20. The van der Waals surface area contributed by atoms with Crippen LogP contribution < -0.4 is 4.90 Å². The summed E-state index contributed by atoms with van der Waals surface area (Å²) in [5.41, 5.74) is 19.2. The minimum atomic E-state index is -0.476. The molecule has 1 aliphatic rings. The summed E-state index contributed by atoms with van der Waals surface area (Å²) in [6.07, 6.45) is 0. The second kappa shape index (κ2) is 15.1. The van der Waals surface area contributed by atoms with E-state index in [1.807, 2.05) is 0 Å². The minimum Gasteiger partial charge on any atom is -0.456 e. The van der Waals surface area contributed by atoms with Gasteiger partial charge in [0.2, 0.25) is 0 Å². The zero-order chi connectivity index (χ0) is 41.7. The van der Waals surface area contributed by atoms with Crippen molar-refractivity contribution in [3.63, 3.8) is 0 Å². The molecule has 0 spiro atoms. The molecule has 1 aliphatic carbocycles. The fourth-order valence-corrected chi connectivity index (χ4v) is 10.0. The van der Waals surface area contributed by atoms with Gasteiger partial charge in [0.1, 0.15) is 11.2 Å². The molecule has 0 N–H and O–H groups in total. The summed E-state index contributed by atoms with van der Waals surface area (Å²) in [6, 6.07) is 89.9. The van der Waals surface area contributed by atoms with Gasteiger partial charge < -0.3 is 9.32 Å². The smallest absolute Gasteiger partial charge is 0.135 e. The third kappa shape index (κ3) is 6.10. The summed E-state index contributed by atoms with van der Waals surface area (Å²) in [7, 11) is 0. The average molecular weight is 804 g/mol. The van der Waals surface area contributed by atoms with E-state index in [9.17, 15) is 0 Å². The van der Waals surface area contributed by atoms with E-state index in [4.69, 9.17) is 4.42 Å². The molecule has 0 aliphatic heterocycles. The molecule has 1 heterocycles. The molecule has 0 amide bonds. The Morgan fingerprint density at radius 3 is 1.22 bits per heavy atom. The molecule has 0 saturated carbocycles. The largest absolute Gasteiger partial charge is 0.456 e. The first-order chi connectivity index (χ1) is 31.2. The van der Waals surface area contributed by atoms with Gasteiger partial charge >= 0.3 is 0 Å². The van der Waals surface area contributed by atoms with Gasteiger partial charge in [-0.15, -0.1) is 0 Å². The summed E-state index contributed by atoms with van der Waals surface area (Å²) in [5, 5.41) is 2.24. The second-order valence-corrected chi connectivity index (χ2v) is 16.4. The minimum absolute atomic E-state index is 0.476. The predicted molar refractivity (Wildman–Crippen MR) is 262 cm³/mol. The van der Waals surface area contributed by atoms with Gasteiger partial charge in [0.05, 0.1) is 5.41 Å². The first kappa shape index (κ1) is 36.6. The lowest BCUT2D eigenvalue weighted by atomic mass is 9.67. The highest BCUT2D eigenvalue weighted by atomic mass is 16.3. The maximum atomic E-state index is 6.75. The van der Waals surface area contributed by atoms with E-state index in [0.717, 1.165) is 50.1 Å². The third-order valence-electron chi connectivity index (χ3n) is 13.0. The fourth-order valence-electron chi connectivity index (χ4n) is 10.0. The monoisotopic (exact) mass is 803 g/mol. The summed E-state index contributed by atoms with van der Waals surface area (Å²) in [5.74, 6) is 0. The molecule has 0 fully saturated rings. The molecule has 0 atom stereocenters. The highest BCUT2D eigenvalue weighted by Gasteiger charge is 2.46. The zero-order valence-corrected chi connectivity index (χ0v) is 34.5. The van der Waals surface area contributed by atoms with Crippen LogP contribution in [0, 0.1) is 0 Å². The number of fused-ring (bicyclic) bond motifs is 6. The second-order valence-electron chi connectivity index (χ2n) is 16.4. The maximum absolute atomic E-state index is 6.75. The molecular weight excluding hydrogens is 763 g/mol. The van der Waals surface area contributed by atoms with Crippen LogP contribution in [-0.2, 0) is 5.41 Å². The molecule has 0 radical (unpaired) electrons. The summed E-state index contributed by atoms with van der Waals surface area (Å²) in [4.78, 5) is 2.34. The fraction of sp³-hybridized carbons (Fsp3) is 0.0164. The van der Waals surface area contributed by atoms with E-state index < -0.39 is 5.41 Å². The predicted octanol–water partition coefficient (Wildman–Crippen LogP) is 16.4. The Morgan fingerprint density at radius 1 is 0.286 bits per heavy atom. The van der Waals surface area contributed by atoms with Crippen LogP contribution in [0.5, 0.6) is 0 Å². The lowest BCUT2D eigenvalue weighted by molar-refractivity contribution is 0.666. The van der Waals surface area contributed by atoms with Gasteiger partial charge in [-0.3, -0.25) is 0 Å². The molecule has 10 aromatic carbocycles. The van der Waals surface area contributed by atoms with Crippen molar-refractivity contribution < 1.29 is 4.42 Å². The van der Waals surface area contributed by atoms with Crippen molar-refractivity contribution in [2.24, 2.45) is 0 Å². The van der Waals surface area contributed by atoms with E-state index in [1.54, 1.807) is 0 Å². The molecule has 1 aromatic heterocycles. The van der Waals surface area contributed by atoms with E-state index in [2.05, 4.69) is 254 Å². The number of nitrogens with zero attached hydrogens (tertiary/aromatic N) is 1. The quantitative estimate of drug-likeness (QED) is 0.152. The van der Waals surface area contributed by atoms with Gasteiger partial charge in [0.15, 0.2) is 0 Å². The van der Waals surface area contributed by atoms with Crippen molar-refractivity contribution in [2.75, 3.05) is 4.90 Å². The molecule has 2 nitrogen and oxygen atoms in total. The van der Waals surface area contributed by atoms with Crippen molar-refractivity contribution in [3.8, 4) is 44.5 Å². The van der Waals surface area contributed by atoms with Crippen LogP contribution in [0.15, 0.2) is 253 Å². The Bertz CT molecular complexity index is 3270. The van der Waals surface area contributed by atoms with Gasteiger partial charge in [-0.1, -0.05) is 188 Å². The van der Waals surface area contributed by atoms with Crippen LogP contribution in [0.3, 0.4) is 0 Å². The molecule has 63 heavy (non-hydrogen) atoms. The molecule has 12 rings (SSSR count). The first-order valence-electron chi connectivity index (χ1n) is 21.7. The van der Waals surface area contributed by atoms with Crippen molar-refractivity contribution in [1.82, 2.24) is 0 Å². The highest BCUT2D eigenvalue weighted by molar-refractivity contribution is 6.09. The normalized spacial score (nSPS) is 12.6. The number of benzene rings is 10. The lowest BCUT2D eigenvalue weighted by Crippen LogP contribution is -2.28. The van der Waals surface area contributed by atoms with Crippen LogP contribution >= 0.6 is 0 Å². The van der Waals surface area contributed by atoms with Crippen LogP contribution in [0.2, 0.25) is 0 Å². The number of hydrogen-bond acceptors (Lipinski definition) is 2. The molecule has 0 unspecified atom stereocenters. The van der Waals surface area contributed by atoms with Crippen molar-refractivity contribution in [1.29, 1.82) is 0 Å². The molecule has 11 aromatic rings. The van der Waals surface area contributed by atoms with Crippen LogP contribution in [-0.4, -0.2) is 0 Å². The molecule has 2 heteroatoms. The number of furan rings is 1. The number of rotatable bonds is 8. The van der Waals surface area contributed by atoms with Gasteiger partial charge in [0.25, 0.3) is 0 Å². The Morgan fingerprint density at radius 2 is 0.698 bits per heavy atom. The summed E-state index contributed by atoms with van der Waals surface area (Å²) in [6.45, 7) is 0. The van der Waals surface area contributed by atoms with E-state index in [0.29, 0.717) is 0 Å². The number of hydrogen-bond donors (Lipinski definition) is 0. The van der Waals surface area contributed by atoms with Crippen LogP contribution in [0.25, 0.3) is 66.4 Å². The van der Waals surface area contributed by atoms with E-state index in [-0.39, 0.29) is 0 Å². The van der Waals surface area contributed by atoms with Crippen molar-refractivity contribution in [2.45, 2.75) is 5.41 Å².